The van der Waals surface area contributed by atoms with Gasteiger partial charge in [-0.25, -0.2) is 0 Å². The normalized spacial score (nSPS) is 13.5. The molecule has 1 amide bonds. The molecule has 0 spiro atoms. The smallest absolute Gasteiger partial charge is 0.225 e. The molecule has 0 aliphatic rings. The number of hydrogen-bond donors (Lipinski definition) is 0. The molecule has 1 atom stereocenters. The number of rotatable bonds is 4. The van der Waals surface area contributed by atoms with Gasteiger partial charge in [0.2, 0.25) is 5.91 Å². The molecular weight excluding hydrogens is 162 g/mol. The molecule has 0 N–H and O–H groups in total. The minimum absolute atomic E-state index is 0.111. The average Bonchev–Trinajstić information content (AvgIpc) is 2.00. The minimum Gasteiger partial charge on any atom is -0.343 e. The van der Waals surface area contributed by atoms with Crippen LogP contribution in [0, 0.1) is 11.8 Å². The van der Waals surface area contributed by atoms with E-state index in [0.29, 0.717) is 12.0 Å². The minimum atomic E-state index is 0.111. The lowest BCUT2D eigenvalue weighted by Crippen LogP contribution is -2.38. The summed E-state index contributed by atoms with van der Waals surface area (Å²) in [5.74, 6) is 1.00. The molecule has 0 saturated heterocycles. The van der Waals surface area contributed by atoms with Crippen LogP contribution in [-0.4, -0.2) is 23.9 Å². The van der Waals surface area contributed by atoms with Gasteiger partial charge in [0.05, 0.1) is 0 Å². The molecule has 0 heterocycles. The summed E-state index contributed by atoms with van der Waals surface area (Å²) in [6, 6.07) is 0.356. The van der Waals surface area contributed by atoms with Gasteiger partial charge in [0.15, 0.2) is 0 Å². The zero-order valence-electron chi connectivity index (χ0n) is 9.79. The third kappa shape index (κ3) is 4.30. The van der Waals surface area contributed by atoms with E-state index in [2.05, 4.69) is 20.8 Å². The van der Waals surface area contributed by atoms with Crippen LogP contribution in [0.4, 0.5) is 0 Å². The first-order valence-electron chi connectivity index (χ1n) is 5.13. The number of nitrogens with zero attached hydrogens (tertiary/aromatic N) is 1. The molecule has 0 aliphatic carbocycles. The second-order valence-corrected chi connectivity index (χ2v) is 4.58. The van der Waals surface area contributed by atoms with Crippen LogP contribution in [0.15, 0.2) is 0 Å². The zero-order valence-corrected chi connectivity index (χ0v) is 9.79. The van der Waals surface area contributed by atoms with Gasteiger partial charge in [-0.15, -0.1) is 0 Å². The standard InChI is InChI=1S/C11H23NO/c1-8(2)7-10(5)12(6)11(13)9(3)4/h8-10H,7H2,1-6H3/t10-/m1/s1. The predicted octanol–water partition coefficient (Wildman–Crippen LogP) is 2.54. The van der Waals surface area contributed by atoms with Gasteiger partial charge in [-0.05, 0) is 19.3 Å². The highest BCUT2D eigenvalue weighted by molar-refractivity contribution is 5.78. The second-order valence-electron chi connectivity index (χ2n) is 4.58. The Kier molecular flexibility index (Phi) is 5.04. The first-order chi connectivity index (χ1) is 5.86. The zero-order chi connectivity index (χ0) is 10.6. The summed E-state index contributed by atoms with van der Waals surface area (Å²) in [5.41, 5.74) is 0. The maximum absolute atomic E-state index is 11.6. The third-order valence-corrected chi connectivity index (χ3v) is 2.32. The van der Waals surface area contributed by atoms with Crippen molar-refractivity contribution < 1.29 is 4.79 Å². The highest BCUT2D eigenvalue weighted by Gasteiger charge is 2.18. The van der Waals surface area contributed by atoms with Gasteiger partial charge in [-0.3, -0.25) is 4.79 Å². The summed E-state index contributed by atoms with van der Waals surface area (Å²) in [7, 11) is 1.90. The Morgan fingerprint density at radius 1 is 1.15 bits per heavy atom. The summed E-state index contributed by atoms with van der Waals surface area (Å²) >= 11 is 0. The predicted molar refractivity (Wildman–Crippen MR) is 56.5 cm³/mol. The van der Waals surface area contributed by atoms with Crippen LogP contribution in [0.5, 0.6) is 0 Å². The lowest BCUT2D eigenvalue weighted by Gasteiger charge is -2.27. The summed E-state index contributed by atoms with van der Waals surface area (Å²) in [6.07, 6.45) is 1.08. The Hall–Kier alpha value is -0.530. The Labute approximate surface area is 82.3 Å². The summed E-state index contributed by atoms with van der Waals surface area (Å²) in [4.78, 5) is 13.5. The molecule has 0 aromatic rings. The van der Waals surface area contributed by atoms with Crippen molar-refractivity contribution in [3.63, 3.8) is 0 Å². The van der Waals surface area contributed by atoms with Gasteiger partial charge in [-0.2, -0.15) is 0 Å². The molecule has 0 rings (SSSR count). The molecule has 13 heavy (non-hydrogen) atoms. The molecule has 0 fully saturated rings. The highest BCUT2D eigenvalue weighted by Crippen LogP contribution is 2.11. The third-order valence-electron chi connectivity index (χ3n) is 2.32. The van der Waals surface area contributed by atoms with Crippen LogP contribution in [-0.2, 0) is 4.79 Å². The Bertz CT molecular complexity index is 163. The van der Waals surface area contributed by atoms with Crippen molar-refractivity contribution in [2.24, 2.45) is 11.8 Å². The summed E-state index contributed by atoms with van der Waals surface area (Å²) in [5, 5.41) is 0. The van der Waals surface area contributed by atoms with E-state index in [0.717, 1.165) is 6.42 Å². The van der Waals surface area contributed by atoms with Crippen molar-refractivity contribution in [2.75, 3.05) is 7.05 Å². The van der Waals surface area contributed by atoms with Crippen molar-refractivity contribution >= 4 is 5.91 Å². The molecule has 0 aliphatic heterocycles. The van der Waals surface area contributed by atoms with Crippen LogP contribution in [0.3, 0.4) is 0 Å². The number of carbonyl (C=O) groups is 1. The highest BCUT2D eigenvalue weighted by atomic mass is 16.2. The Morgan fingerprint density at radius 3 is 1.92 bits per heavy atom. The average molecular weight is 185 g/mol. The fourth-order valence-corrected chi connectivity index (χ4v) is 1.46. The van der Waals surface area contributed by atoms with Crippen LogP contribution < -0.4 is 0 Å². The Balaban J connectivity index is 4.09. The maximum atomic E-state index is 11.6. The quantitative estimate of drug-likeness (QED) is 0.659. The van der Waals surface area contributed by atoms with E-state index >= 15 is 0 Å². The van der Waals surface area contributed by atoms with E-state index in [1.54, 1.807) is 0 Å². The van der Waals surface area contributed by atoms with Gasteiger partial charge >= 0.3 is 0 Å². The largest absolute Gasteiger partial charge is 0.343 e. The van der Waals surface area contributed by atoms with Crippen molar-refractivity contribution in [3.8, 4) is 0 Å². The molecule has 0 unspecified atom stereocenters. The van der Waals surface area contributed by atoms with E-state index < -0.39 is 0 Å². The SMILES string of the molecule is CC(C)C[C@@H](C)N(C)C(=O)C(C)C. The van der Waals surface area contributed by atoms with E-state index in [1.807, 2.05) is 25.8 Å². The van der Waals surface area contributed by atoms with E-state index in [4.69, 9.17) is 0 Å². The van der Waals surface area contributed by atoms with Crippen LogP contribution in [0.25, 0.3) is 0 Å². The Morgan fingerprint density at radius 2 is 1.62 bits per heavy atom. The van der Waals surface area contributed by atoms with Crippen LogP contribution >= 0.6 is 0 Å². The van der Waals surface area contributed by atoms with Crippen molar-refractivity contribution in [3.05, 3.63) is 0 Å². The van der Waals surface area contributed by atoms with Crippen molar-refractivity contribution in [2.45, 2.75) is 47.1 Å². The van der Waals surface area contributed by atoms with Gasteiger partial charge in [0.25, 0.3) is 0 Å². The van der Waals surface area contributed by atoms with E-state index in [1.165, 1.54) is 0 Å². The number of carbonyl (C=O) groups excluding carboxylic acids is 1. The van der Waals surface area contributed by atoms with Gasteiger partial charge in [0.1, 0.15) is 0 Å². The first-order valence-corrected chi connectivity index (χ1v) is 5.13. The maximum Gasteiger partial charge on any atom is 0.225 e. The van der Waals surface area contributed by atoms with Crippen LogP contribution in [0.1, 0.15) is 41.0 Å². The summed E-state index contributed by atoms with van der Waals surface area (Å²) in [6.45, 7) is 10.4. The first kappa shape index (κ1) is 12.5. The summed E-state index contributed by atoms with van der Waals surface area (Å²) < 4.78 is 0. The monoisotopic (exact) mass is 185 g/mol. The molecular formula is C11H23NO. The lowest BCUT2D eigenvalue weighted by atomic mass is 10.0. The van der Waals surface area contributed by atoms with Crippen molar-refractivity contribution in [1.82, 2.24) is 4.90 Å². The van der Waals surface area contributed by atoms with Crippen molar-refractivity contribution in [1.29, 1.82) is 0 Å². The molecule has 0 aromatic heterocycles. The molecule has 2 nitrogen and oxygen atoms in total. The second kappa shape index (κ2) is 5.25. The molecule has 78 valence electrons. The molecule has 0 bridgehead atoms. The molecule has 2 heteroatoms. The van der Waals surface area contributed by atoms with Gasteiger partial charge < -0.3 is 4.90 Å². The molecule has 0 radical (unpaired) electrons. The molecule has 0 aromatic carbocycles. The van der Waals surface area contributed by atoms with Gasteiger partial charge in [0, 0.05) is 19.0 Å². The lowest BCUT2D eigenvalue weighted by molar-refractivity contribution is -0.135. The van der Waals surface area contributed by atoms with Gasteiger partial charge in [-0.1, -0.05) is 27.7 Å². The topological polar surface area (TPSA) is 20.3 Å². The number of amides is 1. The fourth-order valence-electron chi connectivity index (χ4n) is 1.46. The van der Waals surface area contributed by atoms with E-state index in [-0.39, 0.29) is 11.8 Å². The fraction of sp³-hybridized carbons (Fsp3) is 0.909. The van der Waals surface area contributed by atoms with Crippen LogP contribution in [0.2, 0.25) is 0 Å². The van der Waals surface area contributed by atoms with E-state index in [9.17, 15) is 4.79 Å². The number of hydrogen-bond acceptors (Lipinski definition) is 1. The molecule has 0 saturated carbocycles.